The summed E-state index contributed by atoms with van der Waals surface area (Å²) < 4.78 is 0. The lowest BCUT2D eigenvalue weighted by Crippen LogP contribution is -2.57. The van der Waals surface area contributed by atoms with Crippen molar-refractivity contribution in [2.45, 2.75) is 51.0 Å². The Morgan fingerprint density at radius 2 is 1.79 bits per heavy atom. The minimum Gasteiger partial charge on any atom is -0.358 e. The van der Waals surface area contributed by atoms with E-state index in [0.29, 0.717) is 17.8 Å². The molecule has 3 heterocycles. The third kappa shape index (κ3) is 5.32. The van der Waals surface area contributed by atoms with Crippen LogP contribution in [0.15, 0.2) is 18.2 Å². The summed E-state index contributed by atoms with van der Waals surface area (Å²) in [7, 11) is 3.42. The molecular weight excluding hydrogens is 418 g/mol. The van der Waals surface area contributed by atoms with Gasteiger partial charge in [-0.05, 0) is 76.4 Å². The third-order valence-electron chi connectivity index (χ3n) is 7.01. The predicted molar refractivity (Wildman–Crippen MR) is 130 cm³/mol. The summed E-state index contributed by atoms with van der Waals surface area (Å²) in [5.41, 5.74) is 2.12. The second-order valence-corrected chi connectivity index (χ2v) is 9.64. The molecule has 0 saturated carbocycles. The average molecular weight is 456 g/mol. The Bertz CT molecular complexity index is 881. The fourth-order valence-electron chi connectivity index (χ4n) is 5.23. The molecule has 0 spiro atoms. The molecule has 180 valence electrons. The summed E-state index contributed by atoms with van der Waals surface area (Å²) in [5, 5.41) is 3.00. The summed E-state index contributed by atoms with van der Waals surface area (Å²) >= 11 is 0. The number of nitrogens with zero attached hydrogens (tertiary/aromatic N) is 4. The highest BCUT2D eigenvalue weighted by Crippen LogP contribution is 2.40. The van der Waals surface area contributed by atoms with Crippen LogP contribution in [-0.4, -0.2) is 86.9 Å². The van der Waals surface area contributed by atoms with Crippen LogP contribution in [0.25, 0.3) is 0 Å². The third-order valence-corrected chi connectivity index (χ3v) is 7.01. The van der Waals surface area contributed by atoms with Crippen LogP contribution in [0.4, 0.5) is 11.4 Å². The number of amides is 3. The molecule has 2 saturated heterocycles. The predicted octanol–water partition coefficient (Wildman–Crippen LogP) is 2.09. The number of hydrogen-bond donors (Lipinski definition) is 1. The molecule has 1 N–H and O–H groups in total. The maximum Gasteiger partial charge on any atom is 0.253 e. The van der Waals surface area contributed by atoms with Crippen LogP contribution in [-0.2, 0) is 9.59 Å². The number of benzene rings is 1. The number of nitrogens with one attached hydrogen (secondary N) is 1. The zero-order chi connectivity index (χ0) is 23.4. The number of piperidine rings is 2. The van der Waals surface area contributed by atoms with E-state index >= 15 is 0 Å². The molecule has 4 rings (SSSR count). The Hall–Kier alpha value is -2.61. The van der Waals surface area contributed by atoms with E-state index in [1.165, 1.54) is 24.2 Å². The first-order valence-corrected chi connectivity index (χ1v) is 12.4. The van der Waals surface area contributed by atoms with Crippen molar-refractivity contribution in [2.24, 2.45) is 0 Å². The van der Waals surface area contributed by atoms with E-state index in [1.807, 2.05) is 12.1 Å². The van der Waals surface area contributed by atoms with Crippen LogP contribution in [0, 0.1) is 0 Å². The molecule has 8 nitrogen and oxygen atoms in total. The lowest BCUT2D eigenvalue weighted by molar-refractivity contribution is -0.125. The smallest absolute Gasteiger partial charge is 0.253 e. The molecule has 3 aliphatic rings. The van der Waals surface area contributed by atoms with Gasteiger partial charge in [-0.1, -0.05) is 6.42 Å². The van der Waals surface area contributed by atoms with Gasteiger partial charge in [0.15, 0.2) is 0 Å². The minimum absolute atomic E-state index is 0.0144. The summed E-state index contributed by atoms with van der Waals surface area (Å²) in [6.07, 6.45) is 7.60. The molecule has 3 amide bonds. The van der Waals surface area contributed by atoms with Crippen LogP contribution in [0.5, 0.6) is 0 Å². The van der Waals surface area contributed by atoms with Crippen molar-refractivity contribution in [1.82, 2.24) is 15.1 Å². The monoisotopic (exact) mass is 455 g/mol. The van der Waals surface area contributed by atoms with Gasteiger partial charge < -0.3 is 20.0 Å². The zero-order valence-electron chi connectivity index (χ0n) is 20.0. The molecule has 1 unspecified atom stereocenters. The molecule has 1 aromatic carbocycles. The van der Waals surface area contributed by atoms with Gasteiger partial charge in [0.2, 0.25) is 11.8 Å². The Morgan fingerprint density at radius 3 is 2.55 bits per heavy atom. The number of likely N-dealkylation sites (tertiary alicyclic amines) is 1. The van der Waals surface area contributed by atoms with Crippen molar-refractivity contribution in [2.75, 3.05) is 63.2 Å². The second kappa shape index (κ2) is 10.5. The largest absolute Gasteiger partial charge is 0.358 e. The molecule has 0 bridgehead atoms. The summed E-state index contributed by atoms with van der Waals surface area (Å²) in [6, 6.07) is 5.29. The summed E-state index contributed by atoms with van der Waals surface area (Å²) in [5.74, 6) is -0.310. The first-order valence-electron chi connectivity index (χ1n) is 12.4. The molecule has 1 atom stereocenters. The summed E-state index contributed by atoms with van der Waals surface area (Å²) in [6.45, 7) is 4.72. The first kappa shape index (κ1) is 23.5. The van der Waals surface area contributed by atoms with Crippen LogP contribution in [0.2, 0.25) is 0 Å². The minimum atomic E-state index is -0.228. The van der Waals surface area contributed by atoms with E-state index in [4.69, 9.17) is 0 Å². The van der Waals surface area contributed by atoms with Gasteiger partial charge >= 0.3 is 0 Å². The maximum atomic E-state index is 13.4. The van der Waals surface area contributed by atoms with Gasteiger partial charge in [0.1, 0.15) is 12.6 Å². The number of anilines is 2. The lowest BCUT2D eigenvalue weighted by Gasteiger charge is -2.45. The first-order chi connectivity index (χ1) is 16.0. The average Bonchev–Trinajstić information content (AvgIpc) is 2.84. The van der Waals surface area contributed by atoms with Crippen molar-refractivity contribution >= 4 is 29.1 Å². The second-order valence-electron chi connectivity index (χ2n) is 9.64. The SMILES string of the molecule is CN(C)C(=O)c1ccc2c(c1)N(CC(=O)NCCCN1CCCCC1)C(=O)C1CCCCN21. The quantitative estimate of drug-likeness (QED) is 0.637. The van der Waals surface area contributed by atoms with Crippen molar-refractivity contribution in [3.8, 4) is 0 Å². The fourth-order valence-corrected chi connectivity index (χ4v) is 5.23. The number of carbonyl (C=O) groups is 3. The Morgan fingerprint density at radius 1 is 1.03 bits per heavy atom. The zero-order valence-corrected chi connectivity index (χ0v) is 20.0. The van der Waals surface area contributed by atoms with Crippen molar-refractivity contribution in [3.05, 3.63) is 23.8 Å². The fraction of sp³-hybridized carbons (Fsp3) is 0.640. The molecule has 1 aromatic rings. The Balaban J connectivity index is 1.45. The van der Waals surface area contributed by atoms with Crippen molar-refractivity contribution in [1.29, 1.82) is 0 Å². The standard InChI is InChI=1S/C25H37N5O3/c1-27(2)24(32)19-10-11-20-22(17-19)30(25(33)21-9-4-7-16-29(20)21)18-23(31)26-12-8-15-28-13-5-3-6-14-28/h10-11,17,21H,3-9,12-16,18H2,1-2H3,(H,26,31). The van der Waals surface area contributed by atoms with E-state index in [-0.39, 0.29) is 30.3 Å². The normalized spacial score (nSPS) is 20.8. The molecule has 2 fully saturated rings. The number of hydrogen-bond acceptors (Lipinski definition) is 5. The molecule has 33 heavy (non-hydrogen) atoms. The van der Waals surface area contributed by atoms with Crippen LogP contribution < -0.4 is 15.1 Å². The van der Waals surface area contributed by atoms with Gasteiger partial charge in [-0.3, -0.25) is 19.3 Å². The van der Waals surface area contributed by atoms with Crippen LogP contribution in [0.3, 0.4) is 0 Å². The Kier molecular flexibility index (Phi) is 7.53. The molecule has 3 aliphatic heterocycles. The van der Waals surface area contributed by atoms with E-state index in [9.17, 15) is 14.4 Å². The van der Waals surface area contributed by atoms with Gasteiger partial charge in [-0.25, -0.2) is 0 Å². The van der Waals surface area contributed by atoms with E-state index in [0.717, 1.165) is 57.5 Å². The molecule has 0 radical (unpaired) electrons. The van der Waals surface area contributed by atoms with E-state index in [2.05, 4.69) is 15.1 Å². The van der Waals surface area contributed by atoms with E-state index in [1.54, 1.807) is 25.1 Å². The topological polar surface area (TPSA) is 76.2 Å². The highest BCUT2D eigenvalue weighted by Gasteiger charge is 2.40. The van der Waals surface area contributed by atoms with Crippen molar-refractivity contribution in [3.63, 3.8) is 0 Å². The van der Waals surface area contributed by atoms with Crippen molar-refractivity contribution < 1.29 is 14.4 Å². The number of carbonyl (C=O) groups excluding carboxylic acids is 3. The number of fused-ring (bicyclic) bond motifs is 3. The van der Waals surface area contributed by atoms with Crippen LogP contribution >= 0.6 is 0 Å². The van der Waals surface area contributed by atoms with Gasteiger partial charge in [0.05, 0.1) is 11.4 Å². The van der Waals surface area contributed by atoms with Gasteiger partial charge in [0.25, 0.3) is 5.91 Å². The van der Waals surface area contributed by atoms with Gasteiger partial charge in [0, 0.05) is 32.7 Å². The molecule has 8 heteroatoms. The Labute approximate surface area is 196 Å². The molecule has 0 aromatic heterocycles. The number of rotatable bonds is 7. The van der Waals surface area contributed by atoms with Gasteiger partial charge in [-0.15, -0.1) is 0 Å². The van der Waals surface area contributed by atoms with Gasteiger partial charge in [-0.2, -0.15) is 0 Å². The molecule has 0 aliphatic carbocycles. The highest BCUT2D eigenvalue weighted by molar-refractivity contribution is 6.09. The van der Waals surface area contributed by atoms with Crippen LogP contribution in [0.1, 0.15) is 55.3 Å². The highest BCUT2D eigenvalue weighted by atomic mass is 16.2. The maximum absolute atomic E-state index is 13.4. The molecular formula is C25H37N5O3. The van der Waals surface area contributed by atoms with E-state index < -0.39 is 0 Å². The summed E-state index contributed by atoms with van der Waals surface area (Å²) in [4.78, 5) is 46.5. The lowest BCUT2D eigenvalue weighted by atomic mass is 9.95.